The Kier molecular flexibility index (Phi) is 8.91. The smallest absolute Gasteiger partial charge is 0.330 e. The van der Waals surface area contributed by atoms with Gasteiger partial charge in [-0.1, -0.05) is 18.2 Å². The van der Waals surface area contributed by atoms with Crippen molar-refractivity contribution >= 4 is 33.4 Å². The lowest BCUT2D eigenvalue weighted by atomic mass is 10.1. The molecule has 0 aliphatic carbocycles. The molecule has 15 heteroatoms. The Balaban J connectivity index is 2.07. The van der Waals surface area contributed by atoms with Gasteiger partial charge in [-0.25, -0.2) is 18.6 Å². The molecule has 0 saturated heterocycles. The predicted octanol–water partition coefficient (Wildman–Crippen LogP) is 2.87. The highest BCUT2D eigenvalue weighted by Crippen LogP contribution is 2.32. The number of rotatable bonds is 6. The van der Waals surface area contributed by atoms with Crippen LogP contribution in [0.3, 0.4) is 0 Å². The number of halogens is 3. The number of hydrogen-bond donors (Lipinski definition) is 3. The van der Waals surface area contributed by atoms with E-state index >= 15 is 0 Å². The summed E-state index contributed by atoms with van der Waals surface area (Å²) >= 11 is 0. The second-order valence-electron chi connectivity index (χ2n) is 9.19. The molecular weight excluding hydrogens is 567 g/mol. The standard InChI is InChI=1S/C26H26F3N5O6S/c1-15-20(23(36)31-32-25(38)33(2)3)13-21(22(35)30-15)24(37)34(18-7-5-6-17(12-18)26(27,28)29)14-16-8-10-19(11-9-16)41(4,39)40/h5-13H,14H2,1-4H3,(H,30,35)(H,31,36)(H,32,38). The Labute approximate surface area is 232 Å². The van der Waals surface area contributed by atoms with Gasteiger partial charge in [0.2, 0.25) is 0 Å². The molecule has 41 heavy (non-hydrogen) atoms. The van der Waals surface area contributed by atoms with Gasteiger partial charge in [-0.3, -0.25) is 19.8 Å². The Morgan fingerprint density at radius 1 is 0.951 bits per heavy atom. The van der Waals surface area contributed by atoms with E-state index in [0.29, 0.717) is 5.56 Å². The quantitative estimate of drug-likeness (QED) is 0.375. The number of anilines is 1. The average molecular weight is 594 g/mol. The van der Waals surface area contributed by atoms with Crippen molar-refractivity contribution in [3.8, 4) is 0 Å². The monoisotopic (exact) mass is 593 g/mol. The number of aromatic nitrogens is 1. The SMILES string of the molecule is Cc1[nH]c(=O)c(C(=O)N(Cc2ccc(S(C)(=O)=O)cc2)c2cccc(C(F)(F)F)c2)cc1C(=O)NNC(=O)N(C)C. The number of carbonyl (C=O) groups excluding carboxylic acids is 3. The molecule has 0 fully saturated rings. The van der Waals surface area contributed by atoms with Crippen LogP contribution in [0.1, 0.15) is 37.5 Å². The second kappa shape index (κ2) is 11.8. The van der Waals surface area contributed by atoms with Gasteiger partial charge in [-0.15, -0.1) is 0 Å². The summed E-state index contributed by atoms with van der Waals surface area (Å²) in [6.45, 7) is 1.03. The van der Waals surface area contributed by atoms with Gasteiger partial charge in [0, 0.05) is 31.7 Å². The molecule has 0 bridgehead atoms. The first kappa shape index (κ1) is 30.9. The zero-order valence-electron chi connectivity index (χ0n) is 22.3. The third-order valence-electron chi connectivity index (χ3n) is 5.83. The number of aromatic amines is 1. The first-order valence-corrected chi connectivity index (χ1v) is 13.7. The van der Waals surface area contributed by atoms with Crippen LogP contribution < -0.4 is 21.3 Å². The van der Waals surface area contributed by atoms with Crippen molar-refractivity contribution in [3.63, 3.8) is 0 Å². The minimum absolute atomic E-state index is 0.00909. The summed E-state index contributed by atoms with van der Waals surface area (Å²) in [7, 11) is -0.675. The number of hydrogen-bond acceptors (Lipinski definition) is 6. The highest BCUT2D eigenvalue weighted by atomic mass is 32.2. The summed E-state index contributed by atoms with van der Waals surface area (Å²) in [5, 5.41) is 0. The number of urea groups is 1. The molecular formula is C26H26F3N5O6S. The Bertz CT molecular complexity index is 1650. The maximum absolute atomic E-state index is 13.7. The van der Waals surface area contributed by atoms with Crippen LogP contribution in [0.25, 0.3) is 0 Å². The van der Waals surface area contributed by atoms with Gasteiger partial charge in [-0.05, 0) is 48.9 Å². The normalized spacial score (nSPS) is 11.5. The molecule has 4 amide bonds. The van der Waals surface area contributed by atoms with Crippen molar-refractivity contribution in [1.29, 1.82) is 0 Å². The fraction of sp³-hybridized carbons (Fsp3) is 0.231. The number of pyridine rings is 1. The minimum Gasteiger partial charge on any atom is -0.330 e. The number of H-pyrrole nitrogens is 1. The van der Waals surface area contributed by atoms with E-state index in [1.807, 2.05) is 0 Å². The first-order chi connectivity index (χ1) is 19.0. The predicted molar refractivity (Wildman–Crippen MR) is 143 cm³/mol. The average Bonchev–Trinajstić information content (AvgIpc) is 2.89. The molecule has 0 atom stereocenters. The maximum Gasteiger partial charge on any atom is 0.416 e. The highest BCUT2D eigenvalue weighted by Gasteiger charge is 2.32. The van der Waals surface area contributed by atoms with Crippen LogP contribution in [0.5, 0.6) is 0 Å². The van der Waals surface area contributed by atoms with Crippen LogP contribution in [0.15, 0.2) is 64.3 Å². The molecule has 0 unspecified atom stereocenters. The number of nitrogens with zero attached hydrogens (tertiary/aromatic N) is 2. The van der Waals surface area contributed by atoms with Crippen LogP contribution >= 0.6 is 0 Å². The molecule has 3 N–H and O–H groups in total. The van der Waals surface area contributed by atoms with E-state index in [-0.39, 0.29) is 28.4 Å². The zero-order valence-corrected chi connectivity index (χ0v) is 23.1. The third kappa shape index (κ3) is 7.51. The molecule has 0 saturated carbocycles. The first-order valence-electron chi connectivity index (χ1n) is 11.8. The van der Waals surface area contributed by atoms with Crippen LogP contribution in [-0.4, -0.2) is 56.5 Å². The van der Waals surface area contributed by atoms with Crippen LogP contribution in [0, 0.1) is 6.92 Å². The van der Waals surface area contributed by atoms with Gasteiger partial charge in [-0.2, -0.15) is 13.2 Å². The summed E-state index contributed by atoms with van der Waals surface area (Å²) in [5.41, 5.74) is 1.77. The van der Waals surface area contributed by atoms with E-state index in [4.69, 9.17) is 0 Å². The number of amides is 4. The van der Waals surface area contributed by atoms with Crippen LogP contribution in [0.2, 0.25) is 0 Å². The molecule has 0 spiro atoms. The van der Waals surface area contributed by atoms with Gasteiger partial charge in [0.05, 0.1) is 22.6 Å². The topological polar surface area (TPSA) is 149 Å². The Morgan fingerprint density at radius 3 is 2.15 bits per heavy atom. The van der Waals surface area contributed by atoms with Crippen molar-refractivity contribution in [3.05, 3.63) is 92.9 Å². The molecule has 2 aromatic carbocycles. The lowest BCUT2D eigenvalue weighted by Gasteiger charge is -2.24. The van der Waals surface area contributed by atoms with Gasteiger partial charge >= 0.3 is 12.2 Å². The fourth-order valence-electron chi connectivity index (χ4n) is 3.61. The van der Waals surface area contributed by atoms with Crippen LogP contribution in [0.4, 0.5) is 23.7 Å². The van der Waals surface area contributed by atoms with Crippen molar-refractivity contribution in [1.82, 2.24) is 20.7 Å². The van der Waals surface area contributed by atoms with Crippen molar-refractivity contribution < 1.29 is 36.0 Å². The molecule has 1 aromatic heterocycles. The minimum atomic E-state index is -4.73. The summed E-state index contributed by atoms with van der Waals surface area (Å²) in [5.74, 6) is -1.91. The second-order valence-corrected chi connectivity index (χ2v) is 11.2. The summed E-state index contributed by atoms with van der Waals surface area (Å²) in [6, 6.07) is 9.53. The number of carbonyl (C=O) groups is 3. The third-order valence-corrected chi connectivity index (χ3v) is 6.95. The number of aryl methyl sites for hydroxylation is 1. The lowest BCUT2D eigenvalue weighted by Crippen LogP contribution is -2.46. The van der Waals surface area contributed by atoms with Gasteiger partial charge in [0.15, 0.2) is 9.84 Å². The van der Waals surface area contributed by atoms with E-state index in [0.717, 1.165) is 40.3 Å². The number of alkyl halides is 3. The molecule has 11 nitrogen and oxygen atoms in total. The van der Waals surface area contributed by atoms with Gasteiger partial charge < -0.3 is 14.8 Å². The number of nitrogens with one attached hydrogen (secondary N) is 3. The zero-order chi connectivity index (χ0) is 30.7. The van der Waals surface area contributed by atoms with Gasteiger partial charge in [0.25, 0.3) is 17.4 Å². The molecule has 0 aliphatic rings. The van der Waals surface area contributed by atoms with Crippen molar-refractivity contribution in [2.75, 3.05) is 25.3 Å². The molecule has 3 rings (SSSR count). The largest absolute Gasteiger partial charge is 0.416 e. The van der Waals surface area contributed by atoms with E-state index in [9.17, 15) is 40.8 Å². The van der Waals surface area contributed by atoms with E-state index in [1.165, 1.54) is 51.4 Å². The molecule has 3 aromatic rings. The van der Waals surface area contributed by atoms with Crippen molar-refractivity contribution in [2.24, 2.45) is 0 Å². The molecule has 0 aliphatic heterocycles. The maximum atomic E-state index is 13.7. The molecule has 218 valence electrons. The lowest BCUT2D eigenvalue weighted by molar-refractivity contribution is -0.137. The summed E-state index contributed by atoms with van der Waals surface area (Å²) in [6.07, 6.45) is -3.73. The Morgan fingerprint density at radius 2 is 1.59 bits per heavy atom. The number of benzene rings is 2. The van der Waals surface area contributed by atoms with Crippen LogP contribution in [-0.2, 0) is 22.6 Å². The molecule has 1 heterocycles. The number of hydrazine groups is 1. The fourth-order valence-corrected chi connectivity index (χ4v) is 4.24. The van der Waals surface area contributed by atoms with E-state index in [2.05, 4.69) is 15.8 Å². The highest BCUT2D eigenvalue weighted by molar-refractivity contribution is 7.90. The van der Waals surface area contributed by atoms with E-state index < -0.39 is 50.5 Å². The molecule has 0 radical (unpaired) electrons. The van der Waals surface area contributed by atoms with Crippen molar-refractivity contribution in [2.45, 2.75) is 24.5 Å². The van der Waals surface area contributed by atoms with Gasteiger partial charge in [0.1, 0.15) is 5.56 Å². The number of sulfone groups is 1. The summed E-state index contributed by atoms with van der Waals surface area (Å²) in [4.78, 5) is 55.4. The Hall–Kier alpha value is -4.66. The summed E-state index contributed by atoms with van der Waals surface area (Å²) < 4.78 is 64.1. The van der Waals surface area contributed by atoms with E-state index in [1.54, 1.807) is 0 Å².